The molecule has 110 valence electrons. The summed E-state index contributed by atoms with van der Waals surface area (Å²) in [6, 6.07) is 7.40. The van der Waals surface area contributed by atoms with E-state index >= 15 is 0 Å². The lowest BCUT2D eigenvalue weighted by atomic mass is 10.0. The predicted octanol–water partition coefficient (Wildman–Crippen LogP) is 2.38. The van der Waals surface area contributed by atoms with E-state index in [1.54, 1.807) is 12.0 Å². The van der Waals surface area contributed by atoms with Crippen molar-refractivity contribution in [2.75, 3.05) is 20.2 Å². The highest BCUT2D eigenvalue weighted by Crippen LogP contribution is 2.28. The summed E-state index contributed by atoms with van der Waals surface area (Å²) in [6.45, 7) is 3.25. The number of hydrogen-bond donors (Lipinski definition) is 1. The van der Waals surface area contributed by atoms with Gasteiger partial charge in [0.1, 0.15) is 11.9 Å². The molecule has 0 radical (unpaired) electrons. The maximum atomic E-state index is 12.0. The van der Waals surface area contributed by atoms with Gasteiger partial charge in [-0.15, -0.1) is 0 Å². The molecule has 1 saturated heterocycles. The van der Waals surface area contributed by atoms with E-state index in [9.17, 15) is 9.90 Å². The molecule has 2 rings (SSSR count). The van der Waals surface area contributed by atoms with Gasteiger partial charge in [0.15, 0.2) is 0 Å². The Morgan fingerprint density at radius 2 is 2.20 bits per heavy atom. The van der Waals surface area contributed by atoms with Crippen molar-refractivity contribution in [3.8, 4) is 5.75 Å². The second-order valence-electron chi connectivity index (χ2n) is 5.42. The summed E-state index contributed by atoms with van der Waals surface area (Å²) in [4.78, 5) is 13.7. The van der Waals surface area contributed by atoms with E-state index < -0.39 is 6.10 Å². The minimum atomic E-state index is -0.699. The fourth-order valence-corrected chi connectivity index (χ4v) is 2.88. The fourth-order valence-electron chi connectivity index (χ4n) is 2.88. The van der Waals surface area contributed by atoms with Crippen LogP contribution in [-0.2, 0) is 4.79 Å². The first kappa shape index (κ1) is 14.9. The van der Waals surface area contributed by atoms with Gasteiger partial charge in [-0.25, -0.2) is 0 Å². The van der Waals surface area contributed by atoms with Crippen LogP contribution in [-0.4, -0.2) is 36.1 Å². The van der Waals surface area contributed by atoms with Crippen molar-refractivity contribution in [1.82, 2.24) is 4.90 Å². The zero-order chi connectivity index (χ0) is 14.5. The third kappa shape index (κ3) is 3.31. The van der Waals surface area contributed by atoms with Crippen LogP contribution < -0.4 is 4.74 Å². The van der Waals surface area contributed by atoms with Gasteiger partial charge in [0.05, 0.1) is 13.7 Å². The molecule has 1 aromatic rings. The summed E-state index contributed by atoms with van der Waals surface area (Å²) in [5, 5.41) is 10.4. The molecule has 0 saturated carbocycles. The molecule has 1 aromatic carbocycles. The predicted molar refractivity (Wildman–Crippen MR) is 77.5 cm³/mol. The minimum absolute atomic E-state index is 0.150. The summed E-state index contributed by atoms with van der Waals surface area (Å²) in [6.07, 6.45) is 2.09. The molecule has 0 aliphatic carbocycles. The molecule has 4 nitrogen and oxygen atoms in total. The molecule has 0 aromatic heterocycles. The molecular formula is C16H23NO3. The number of amides is 1. The Morgan fingerprint density at radius 1 is 1.45 bits per heavy atom. The third-order valence-corrected chi connectivity index (χ3v) is 3.88. The Bertz CT molecular complexity index is 461. The number of likely N-dealkylation sites (tertiary alicyclic amines) is 1. The molecule has 1 aliphatic rings. The van der Waals surface area contributed by atoms with Gasteiger partial charge in [0.2, 0.25) is 5.91 Å². The SMILES string of the molecule is CCCC1CC(=O)N(CC(O)c2ccccc2OC)C1. The average Bonchev–Trinajstić information content (AvgIpc) is 2.79. The highest BCUT2D eigenvalue weighted by atomic mass is 16.5. The average molecular weight is 277 g/mol. The maximum Gasteiger partial charge on any atom is 0.223 e. The summed E-state index contributed by atoms with van der Waals surface area (Å²) in [5.74, 6) is 1.26. The van der Waals surface area contributed by atoms with Crippen molar-refractivity contribution in [2.45, 2.75) is 32.3 Å². The van der Waals surface area contributed by atoms with Crippen molar-refractivity contribution < 1.29 is 14.6 Å². The maximum absolute atomic E-state index is 12.0. The van der Waals surface area contributed by atoms with Gasteiger partial charge in [-0.05, 0) is 18.4 Å². The first-order chi connectivity index (χ1) is 9.65. The highest BCUT2D eigenvalue weighted by Gasteiger charge is 2.30. The third-order valence-electron chi connectivity index (χ3n) is 3.88. The monoisotopic (exact) mass is 277 g/mol. The minimum Gasteiger partial charge on any atom is -0.496 e. The quantitative estimate of drug-likeness (QED) is 0.868. The van der Waals surface area contributed by atoms with Crippen LogP contribution in [0.1, 0.15) is 37.9 Å². The van der Waals surface area contributed by atoms with Crippen molar-refractivity contribution in [3.05, 3.63) is 29.8 Å². The van der Waals surface area contributed by atoms with Crippen molar-refractivity contribution in [2.24, 2.45) is 5.92 Å². The van der Waals surface area contributed by atoms with Gasteiger partial charge in [-0.1, -0.05) is 31.5 Å². The number of β-amino-alcohol motifs (C(OH)–C–C–N with tert-alkyl or cyclic N) is 1. The molecule has 1 N–H and O–H groups in total. The standard InChI is InChI=1S/C16H23NO3/c1-3-6-12-9-16(19)17(10-12)11-14(18)13-7-4-5-8-15(13)20-2/h4-5,7-8,12,14,18H,3,6,9-11H2,1-2H3. The van der Waals surface area contributed by atoms with E-state index in [0.29, 0.717) is 24.6 Å². The first-order valence-electron chi connectivity index (χ1n) is 7.24. The topological polar surface area (TPSA) is 49.8 Å². The van der Waals surface area contributed by atoms with E-state index in [-0.39, 0.29) is 5.91 Å². The lowest BCUT2D eigenvalue weighted by Crippen LogP contribution is -2.30. The number of hydrogen-bond acceptors (Lipinski definition) is 3. The number of nitrogens with zero attached hydrogens (tertiary/aromatic N) is 1. The van der Waals surface area contributed by atoms with Crippen LogP contribution >= 0.6 is 0 Å². The molecular weight excluding hydrogens is 254 g/mol. The number of para-hydroxylation sites is 1. The Kier molecular flexibility index (Phi) is 5.01. The van der Waals surface area contributed by atoms with E-state index in [0.717, 1.165) is 24.9 Å². The fraction of sp³-hybridized carbons (Fsp3) is 0.562. The van der Waals surface area contributed by atoms with Crippen LogP contribution in [0.3, 0.4) is 0 Å². The molecule has 4 heteroatoms. The van der Waals surface area contributed by atoms with Gasteiger partial charge in [0.25, 0.3) is 0 Å². The highest BCUT2D eigenvalue weighted by molar-refractivity contribution is 5.78. The van der Waals surface area contributed by atoms with Crippen LogP contribution in [0.25, 0.3) is 0 Å². The molecule has 0 spiro atoms. The molecule has 20 heavy (non-hydrogen) atoms. The summed E-state index contributed by atoms with van der Waals surface area (Å²) in [5.41, 5.74) is 0.738. The Morgan fingerprint density at radius 3 is 2.90 bits per heavy atom. The van der Waals surface area contributed by atoms with E-state index in [4.69, 9.17) is 4.74 Å². The first-order valence-corrected chi connectivity index (χ1v) is 7.24. The largest absolute Gasteiger partial charge is 0.496 e. The summed E-state index contributed by atoms with van der Waals surface area (Å²) in [7, 11) is 1.59. The number of benzene rings is 1. The molecule has 1 fully saturated rings. The molecule has 2 unspecified atom stereocenters. The molecule has 2 atom stereocenters. The lowest BCUT2D eigenvalue weighted by Gasteiger charge is -2.22. The molecule has 1 amide bonds. The number of carbonyl (C=O) groups excluding carboxylic acids is 1. The second-order valence-corrected chi connectivity index (χ2v) is 5.42. The Balaban J connectivity index is 2.01. The van der Waals surface area contributed by atoms with Gasteiger partial charge in [0, 0.05) is 18.5 Å². The van der Waals surface area contributed by atoms with Crippen molar-refractivity contribution in [1.29, 1.82) is 0 Å². The van der Waals surface area contributed by atoms with Gasteiger partial charge >= 0.3 is 0 Å². The van der Waals surface area contributed by atoms with Crippen LogP contribution in [0.4, 0.5) is 0 Å². The van der Waals surface area contributed by atoms with Crippen LogP contribution in [0.5, 0.6) is 5.75 Å². The summed E-state index contributed by atoms with van der Waals surface area (Å²) >= 11 is 0. The van der Waals surface area contributed by atoms with Crippen molar-refractivity contribution >= 4 is 5.91 Å². The smallest absolute Gasteiger partial charge is 0.223 e. The molecule has 1 heterocycles. The Labute approximate surface area is 120 Å². The van der Waals surface area contributed by atoms with E-state index in [2.05, 4.69) is 6.92 Å². The zero-order valence-corrected chi connectivity index (χ0v) is 12.2. The van der Waals surface area contributed by atoms with Crippen molar-refractivity contribution in [3.63, 3.8) is 0 Å². The normalized spacial score (nSPS) is 20.2. The molecule has 0 bridgehead atoms. The van der Waals surface area contributed by atoms with E-state index in [1.807, 2.05) is 24.3 Å². The number of carbonyl (C=O) groups is 1. The number of aliphatic hydroxyl groups is 1. The Hall–Kier alpha value is -1.55. The lowest BCUT2D eigenvalue weighted by molar-refractivity contribution is -0.129. The molecule has 1 aliphatic heterocycles. The zero-order valence-electron chi connectivity index (χ0n) is 12.2. The summed E-state index contributed by atoms with van der Waals surface area (Å²) < 4.78 is 5.25. The number of rotatable bonds is 6. The van der Waals surface area contributed by atoms with Gasteiger partial charge < -0.3 is 14.7 Å². The number of ether oxygens (including phenoxy) is 1. The van der Waals surface area contributed by atoms with Crippen LogP contribution in [0.15, 0.2) is 24.3 Å². The van der Waals surface area contributed by atoms with Crippen LogP contribution in [0.2, 0.25) is 0 Å². The number of methoxy groups -OCH3 is 1. The second kappa shape index (κ2) is 6.75. The van der Waals surface area contributed by atoms with Gasteiger partial charge in [-0.3, -0.25) is 4.79 Å². The van der Waals surface area contributed by atoms with Crippen LogP contribution in [0, 0.1) is 5.92 Å². The van der Waals surface area contributed by atoms with Gasteiger partial charge in [-0.2, -0.15) is 0 Å². The number of aliphatic hydroxyl groups excluding tert-OH is 1. The van der Waals surface area contributed by atoms with E-state index in [1.165, 1.54) is 0 Å².